The van der Waals surface area contributed by atoms with Gasteiger partial charge >= 0.3 is 0 Å². The fourth-order valence-electron chi connectivity index (χ4n) is 2.34. The summed E-state index contributed by atoms with van der Waals surface area (Å²) in [6, 6.07) is 20.8. The van der Waals surface area contributed by atoms with E-state index >= 15 is 0 Å². The molecule has 1 aliphatic heterocycles. The molecule has 0 atom stereocenters. The molecular formula is C17H14IrN-. The number of benzene rings is 2. The maximum Gasteiger partial charge on any atom is 0 e. The third kappa shape index (κ3) is 2.56. The van der Waals surface area contributed by atoms with E-state index in [0.717, 1.165) is 0 Å². The Labute approximate surface area is 127 Å². The quantitative estimate of drug-likeness (QED) is 0.679. The van der Waals surface area contributed by atoms with Crippen molar-refractivity contribution in [2.45, 2.75) is 5.54 Å². The molecule has 1 nitrogen and oxygen atoms in total. The summed E-state index contributed by atoms with van der Waals surface area (Å²) in [6.45, 7) is 0. The van der Waals surface area contributed by atoms with Gasteiger partial charge in [-0.05, 0) is 5.54 Å². The average Bonchev–Trinajstić information content (AvgIpc) is 2.50. The van der Waals surface area contributed by atoms with Gasteiger partial charge in [-0.3, -0.25) is 0 Å². The molecular weight excluding hydrogens is 410 g/mol. The molecule has 2 heteroatoms. The Kier molecular flexibility index (Phi) is 4.36. The van der Waals surface area contributed by atoms with Gasteiger partial charge in [0, 0.05) is 20.1 Å². The van der Waals surface area contributed by atoms with Crippen LogP contribution in [0.15, 0.2) is 85.1 Å². The van der Waals surface area contributed by atoms with Gasteiger partial charge in [-0.15, -0.1) is 0 Å². The van der Waals surface area contributed by atoms with E-state index in [1.807, 2.05) is 24.4 Å². The third-order valence-electron chi connectivity index (χ3n) is 3.24. The number of allylic oxidation sites excluding steroid dienone is 2. The smallest absolute Gasteiger partial charge is 0 e. The molecule has 1 heterocycles. The van der Waals surface area contributed by atoms with Crippen LogP contribution in [-0.2, 0) is 25.6 Å². The molecule has 2 aromatic carbocycles. The second-order valence-electron chi connectivity index (χ2n) is 4.33. The van der Waals surface area contributed by atoms with Crippen molar-refractivity contribution < 1.29 is 20.1 Å². The van der Waals surface area contributed by atoms with Crippen molar-refractivity contribution in [2.75, 3.05) is 0 Å². The summed E-state index contributed by atoms with van der Waals surface area (Å²) in [4.78, 5) is 0. The summed E-state index contributed by atoms with van der Waals surface area (Å²) in [5, 5.41) is 4.73. The Morgan fingerprint density at radius 2 is 1.21 bits per heavy atom. The molecule has 19 heavy (non-hydrogen) atoms. The number of nitrogens with zero attached hydrogens (tertiary/aromatic N) is 1. The van der Waals surface area contributed by atoms with Crippen LogP contribution in [0.4, 0.5) is 0 Å². The first-order valence-electron chi connectivity index (χ1n) is 6.09. The van der Waals surface area contributed by atoms with Crippen LogP contribution in [0.1, 0.15) is 11.1 Å². The Balaban J connectivity index is 0.00000133. The monoisotopic (exact) mass is 425 g/mol. The maximum atomic E-state index is 4.73. The molecule has 1 radical (unpaired) electrons. The van der Waals surface area contributed by atoms with Gasteiger partial charge in [-0.25, -0.2) is 0 Å². The van der Waals surface area contributed by atoms with E-state index in [4.69, 9.17) is 5.32 Å². The standard InChI is InChI=1S/C17H14N.Ir/c1-3-9-15(10-4-1)17(13-7-8-14-18-17)16-11-5-2-6-12-16;/h1-14H;/q-1;. The van der Waals surface area contributed by atoms with Crippen LogP contribution in [0.25, 0.3) is 5.32 Å². The summed E-state index contributed by atoms with van der Waals surface area (Å²) in [5.74, 6) is 0. The van der Waals surface area contributed by atoms with Crippen molar-refractivity contribution in [2.24, 2.45) is 0 Å². The molecule has 0 bridgehead atoms. The molecule has 0 aromatic heterocycles. The van der Waals surface area contributed by atoms with E-state index in [2.05, 4.69) is 60.7 Å². The van der Waals surface area contributed by atoms with Crippen molar-refractivity contribution in [3.8, 4) is 0 Å². The predicted octanol–water partition coefficient (Wildman–Crippen LogP) is 4.38. The second kappa shape index (κ2) is 6.01. The molecule has 2 aromatic rings. The molecule has 1 aliphatic rings. The minimum absolute atomic E-state index is 0. The van der Waals surface area contributed by atoms with Crippen LogP contribution in [0, 0.1) is 0 Å². The van der Waals surface area contributed by atoms with Crippen LogP contribution < -0.4 is 0 Å². The van der Waals surface area contributed by atoms with E-state index in [0.29, 0.717) is 0 Å². The van der Waals surface area contributed by atoms with E-state index in [9.17, 15) is 0 Å². The van der Waals surface area contributed by atoms with Gasteiger partial charge in [0.25, 0.3) is 0 Å². The Morgan fingerprint density at radius 3 is 1.63 bits per heavy atom. The normalized spacial score (nSPS) is 15.4. The van der Waals surface area contributed by atoms with E-state index in [1.165, 1.54) is 11.1 Å². The average molecular weight is 425 g/mol. The Morgan fingerprint density at radius 1 is 0.684 bits per heavy atom. The van der Waals surface area contributed by atoms with Gasteiger partial charge in [-0.1, -0.05) is 90.0 Å². The van der Waals surface area contributed by atoms with E-state index in [-0.39, 0.29) is 25.6 Å². The van der Waals surface area contributed by atoms with Crippen molar-refractivity contribution in [3.05, 3.63) is 102 Å². The van der Waals surface area contributed by atoms with E-state index in [1.54, 1.807) is 0 Å². The molecule has 0 fully saturated rings. The first-order chi connectivity index (χ1) is 8.92. The Bertz CT molecular complexity index is 533. The molecule has 0 aliphatic carbocycles. The molecule has 97 valence electrons. The molecule has 0 saturated heterocycles. The summed E-state index contributed by atoms with van der Waals surface area (Å²) in [5.41, 5.74) is 2.01. The molecule has 3 rings (SSSR count). The molecule has 0 spiro atoms. The van der Waals surface area contributed by atoms with Crippen LogP contribution in [0.2, 0.25) is 0 Å². The van der Waals surface area contributed by atoms with Crippen molar-refractivity contribution in [3.63, 3.8) is 0 Å². The fraction of sp³-hybridized carbons (Fsp3) is 0.0588. The van der Waals surface area contributed by atoms with Gasteiger partial charge < -0.3 is 5.32 Å². The molecule has 0 N–H and O–H groups in total. The van der Waals surface area contributed by atoms with Gasteiger partial charge in [0.2, 0.25) is 0 Å². The minimum Gasteiger partial charge on any atom is -0.675 e. The predicted molar refractivity (Wildman–Crippen MR) is 75.3 cm³/mol. The van der Waals surface area contributed by atoms with Crippen molar-refractivity contribution in [1.82, 2.24) is 0 Å². The third-order valence-corrected chi connectivity index (χ3v) is 3.24. The zero-order valence-corrected chi connectivity index (χ0v) is 12.8. The SMILES string of the molecule is C1=C[N-]C(c2ccccc2)(c2ccccc2)C=C1.[Ir]. The van der Waals surface area contributed by atoms with Crippen LogP contribution in [0.5, 0.6) is 0 Å². The van der Waals surface area contributed by atoms with Gasteiger partial charge in [0.1, 0.15) is 0 Å². The van der Waals surface area contributed by atoms with Gasteiger partial charge in [0.15, 0.2) is 0 Å². The Hall–Kier alpha value is -1.63. The van der Waals surface area contributed by atoms with Gasteiger partial charge in [-0.2, -0.15) is 6.20 Å². The summed E-state index contributed by atoms with van der Waals surface area (Å²) in [6.07, 6.45) is 8.05. The minimum atomic E-state index is -0.378. The largest absolute Gasteiger partial charge is 0.675 e. The number of hydrogen-bond donors (Lipinski definition) is 0. The van der Waals surface area contributed by atoms with Crippen molar-refractivity contribution >= 4 is 0 Å². The first-order valence-corrected chi connectivity index (χ1v) is 6.09. The molecule has 0 unspecified atom stereocenters. The number of rotatable bonds is 2. The topological polar surface area (TPSA) is 14.1 Å². The first kappa shape index (κ1) is 13.8. The number of hydrogen-bond acceptors (Lipinski definition) is 0. The second-order valence-corrected chi connectivity index (χ2v) is 4.33. The zero-order chi connectivity index (χ0) is 12.3. The maximum absolute atomic E-state index is 4.73. The summed E-state index contributed by atoms with van der Waals surface area (Å²) in [7, 11) is 0. The van der Waals surface area contributed by atoms with Crippen LogP contribution in [0.3, 0.4) is 0 Å². The van der Waals surface area contributed by atoms with Crippen molar-refractivity contribution in [1.29, 1.82) is 0 Å². The zero-order valence-electron chi connectivity index (χ0n) is 10.4. The molecule has 0 saturated carbocycles. The fourth-order valence-corrected chi connectivity index (χ4v) is 2.34. The molecule has 0 amide bonds. The van der Waals surface area contributed by atoms with Crippen LogP contribution >= 0.6 is 0 Å². The van der Waals surface area contributed by atoms with Gasteiger partial charge in [0.05, 0.1) is 0 Å². The summed E-state index contributed by atoms with van der Waals surface area (Å²) < 4.78 is 0. The summed E-state index contributed by atoms with van der Waals surface area (Å²) >= 11 is 0. The van der Waals surface area contributed by atoms with E-state index < -0.39 is 0 Å². The van der Waals surface area contributed by atoms with Crippen LogP contribution in [-0.4, -0.2) is 0 Å².